The first-order valence-corrected chi connectivity index (χ1v) is 6.65. The third kappa shape index (κ3) is 5.39. The lowest BCUT2D eigenvalue weighted by Gasteiger charge is -2.20. The van der Waals surface area contributed by atoms with Gasteiger partial charge in [-0.05, 0) is 24.0 Å². The number of hydrogen-bond acceptors (Lipinski definition) is 3. The Morgan fingerprint density at radius 2 is 2.06 bits per heavy atom. The molecule has 0 bridgehead atoms. The molecular formula is C11H19NO3S. The number of rotatable bonds is 7. The molecule has 0 aromatic heterocycles. The second-order valence-electron chi connectivity index (χ2n) is 4.47. The van der Waals surface area contributed by atoms with Crippen LogP contribution in [0.5, 0.6) is 0 Å². The highest BCUT2D eigenvalue weighted by atomic mass is 32.2. The second-order valence-corrected chi connectivity index (χ2v) is 6.04. The van der Waals surface area contributed by atoms with Gasteiger partial charge in [-0.1, -0.05) is 13.8 Å². The zero-order valence-corrected chi connectivity index (χ0v) is 10.6. The summed E-state index contributed by atoms with van der Waals surface area (Å²) in [7, 11) is 0. The molecule has 5 heteroatoms. The average molecular weight is 245 g/mol. The molecule has 0 atom stereocenters. The second kappa shape index (κ2) is 6.13. The van der Waals surface area contributed by atoms with E-state index in [1.54, 1.807) is 11.8 Å². The van der Waals surface area contributed by atoms with Gasteiger partial charge in [0, 0.05) is 6.54 Å². The van der Waals surface area contributed by atoms with Gasteiger partial charge in [0.15, 0.2) is 0 Å². The number of thioether (sulfide) groups is 1. The fourth-order valence-corrected chi connectivity index (χ4v) is 2.02. The Hall–Kier alpha value is -0.710. The summed E-state index contributed by atoms with van der Waals surface area (Å²) in [6.07, 6.45) is 2.25. The summed E-state index contributed by atoms with van der Waals surface area (Å²) in [5.74, 6) is -0.0543. The van der Waals surface area contributed by atoms with Crippen molar-refractivity contribution in [1.82, 2.24) is 4.90 Å². The zero-order valence-electron chi connectivity index (χ0n) is 9.81. The van der Waals surface area contributed by atoms with Crippen molar-refractivity contribution in [3.63, 3.8) is 0 Å². The van der Waals surface area contributed by atoms with Crippen molar-refractivity contribution in [3.8, 4) is 0 Å². The summed E-state index contributed by atoms with van der Waals surface area (Å²) < 4.78 is 0. The van der Waals surface area contributed by atoms with E-state index in [1.165, 1.54) is 4.90 Å². The molecule has 16 heavy (non-hydrogen) atoms. The van der Waals surface area contributed by atoms with E-state index in [2.05, 4.69) is 0 Å². The largest absolute Gasteiger partial charge is 0.480 e. The van der Waals surface area contributed by atoms with Crippen LogP contribution in [-0.4, -0.2) is 46.0 Å². The van der Waals surface area contributed by atoms with E-state index in [9.17, 15) is 9.59 Å². The van der Waals surface area contributed by atoms with Crippen LogP contribution in [0.2, 0.25) is 0 Å². The molecule has 0 heterocycles. The minimum atomic E-state index is -0.927. The van der Waals surface area contributed by atoms with Crippen LogP contribution in [0.15, 0.2) is 0 Å². The molecule has 1 fully saturated rings. The number of carbonyl (C=O) groups is 2. The van der Waals surface area contributed by atoms with Gasteiger partial charge in [0.25, 0.3) is 0 Å². The number of carbonyl (C=O) groups excluding carboxylic acids is 1. The fourth-order valence-electron chi connectivity index (χ4n) is 1.36. The first-order valence-electron chi connectivity index (χ1n) is 5.60. The summed E-state index contributed by atoms with van der Waals surface area (Å²) in [5, 5.41) is 9.14. The molecule has 1 saturated carbocycles. The number of carboxylic acid groups (broad SMARTS) is 1. The summed E-state index contributed by atoms with van der Waals surface area (Å²) in [6.45, 7) is 4.51. The number of amides is 1. The Morgan fingerprint density at radius 1 is 1.44 bits per heavy atom. The molecule has 0 spiro atoms. The molecule has 0 unspecified atom stereocenters. The predicted octanol–water partition coefficient (Wildman–Crippen LogP) is 1.45. The Balaban J connectivity index is 2.39. The van der Waals surface area contributed by atoms with Gasteiger partial charge >= 0.3 is 5.97 Å². The van der Waals surface area contributed by atoms with Crippen molar-refractivity contribution in [1.29, 1.82) is 0 Å². The highest BCUT2D eigenvalue weighted by molar-refractivity contribution is 8.00. The third-order valence-corrected chi connectivity index (χ3v) is 3.47. The Labute approximate surface area is 100 Å². The van der Waals surface area contributed by atoms with Gasteiger partial charge in [-0.2, -0.15) is 0 Å². The topological polar surface area (TPSA) is 57.6 Å². The van der Waals surface area contributed by atoms with Crippen LogP contribution >= 0.6 is 11.8 Å². The maximum Gasteiger partial charge on any atom is 0.323 e. The summed E-state index contributed by atoms with van der Waals surface area (Å²) >= 11 is 1.56. The zero-order chi connectivity index (χ0) is 12.1. The lowest BCUT2D eigenvalue weighted by molar-refractivity contribution is -0.143. The van der Waals surface area contributed by atoms with Crippen molar-refractivity contribution < 1.29 is 14.7 Å². The molecule has 0 aliphatic heterocycles. The first kappa shape index (κ1) is 13.4. The van der Waals surface area contributed by atoms with Crippen LogP contribution in [0.4, 0.5) is 0 Å². The monoisotopic (exact) mass is 245 g/mol. The van der Waals surface area contributed by atoms with Gasteiger partial charge in [0.2, 0.25) is 5.91 Å². The third-order valence-electron chi connectivity index (χ3n) is 2.39. The van der Waals surface area contributed by atoms with Crippen LogP contribution in [0, 0.1) is 5.92 Å². The molecule has 0 aromatic carbocycles. The normalized spacial score (nSPS) is 15.2. The molecule has 4 nitrogen and oxygen atoms in total. The van der Waals surface area contributed by atoms with Gasteiger partial charge in [0.1, 0.15) is 6.54 Å². The fraction of sp³-hybridized carbons (Fsp3) is 0.818. The van der Waals surface area contributed by atoms with E-state index in [0.29, 0.717) is 23.5 Å². The Bertz CT molecular complexity index is 264. The van der Waals surface area contributed by atoms with Crippen molar-refractivity contribution in [2.45, 2.75) is 31.9 Å². The van der Waals surface area contributed by atoms with Gasteiger partial charge < -0.3 is 10.0 Å². The van der Waals surface area contributed by atoms with E-state index < -0.39 is 5.97 Å². The maximum absolute atomic E-state index is 11.8. The molecule has 1 aliphatic carbocycles. The predicted molar refractivity (Wildman–Crippen MR) is 64.5 cm³/mol. The minimum absolute atomic E-state index is 0.0481. The van der Waals surface area contributed by atoms with Crippen LogP contribution in [0.1, 0.15) is 26.7 Å². The molecule has 1 N–H and O–H groups in total. The summed E-state index contributed by atoms with van der Waals surface area (Å²) in [5.41, 5.74) is 0. The van der Waals surface area contributed by atoms with E-state index in [1.807, 2.05) is 13.8 Å². The molecule has 92 valence electrons. The van der Waals surface area contributed by atoms with Crippen molar-refractivity contribution in [2.24, 2.45) is 5.92 Å². The number of carboxylic acids is 1. The highest BCUT2D eigenvalue weighted by Crippen LogP contribution is 2.29. The average Bonchev–Trinajstić information content (AvgIpc) is 2.96. The molecule has 0 radical (unpaired) electrons. The van der Waals surface area contributed by atoms with Crippen LogP contribution in [0.25, 0.3) is 0 Å². The minimum Gasteiger partial charge on any atom is -0.480 e. The summed E-state index contributed by atoms with van der Waals surface area (Å²) in [6, 6.07) is 0. The van der Waals surface area contributed by atoms with Crippen molar-refractivity contribution in [2.75, 3.05) is 18.8 Å². The smallest absolute Gasteiger partial charge is 0.323 e. The van der Waals surface area contributed by atoms with Crippen LogP contribution in [0.3, 0.4) is 0 Å². The highest BCUT2D eigenvalue weighted by Gasteiger charge is 2.27. The van der Waals surface area contributed by atoms with Crippen molar-refractivity contribution in [3.05, 3.63) is 0 Å². The quantitative estimate of drug-likeness (QED) is 0.737. The lowest BCUT2D eigenvalue weighted by atomic mass is 10.3. The number of nitrogens with zero attached hydrogens (tertiary/aromatic N) is 1. The first-order chi connectivity index (χ1) is 7.49. The SMILES string of the molecule is CC(C)SCC(=O)N(CC(=O)O)CC1CC1. The van der Waals surface area contributed by atoms with E-state index >= 15 is 0 Å². The molecule has 1 aliphatic rings. The van der Waals surface area contributed by atoms with Gasteiger partial charge in [-0.25, -0.2) is 0 Å². The van der Waals surface area contributed by atoms with Gasteiger partial charge in [-0.3, -0.25) is 9.59 Å². The molecule has 1 rings (SSSR count). The summed E-state index contributed by atoms with van der Waals surface area (Å²) in [4.78, 5) is 23.9. The van der Waals surface area contributed by atoms with E-state index in [4.69, 9.17) is 5.11 Å². The van der Waals surface area contributed by atoms with Gasteiger partial charge in [0.05, 0.1) is 5.75 Å². The Kier molecular flexibility index (Phi) is 5.12. The van der Waals surface area contributed by atoms with Crippen LogP contribution in [-0.2, 0) is 9.59 Å². The van der Waals surface area contributed by atoms with Crippen LogP contribution < -0.4 is 0 Å². The van der Waals surface area contributed by atoms with E-state index in [0.717, 1.165) is 12.8 Å². The Morgan fingerprint density at radius 3 is 2.50 bits per heavy atom. The maximum atomic E-state index is 11.8. The molecule has 1 amide bonds. The standard InChI is InChI=1S/C11H19NO3S/c1-8(2)16-7-10(13)12(6-11(14)15)5-9-3-4-9/h8-9H,3-7H2,1-2H3,(H,14,15). The number of hydrogen-bond donors (Lipinski definition) is 1. The van der Waals surface area contributed by atoms with E-state index in [-0.39, 0.29) is 12.5 Å². The molecule has 0 saturated heterocycles. The molecular weight excluding hydrogens is 226 g/mol. The molecule has 0 aromatic rings. The lowest BCUT2D eigenvalue weighted by Crippen LogP contribution is -2.38. The number of aliphatic carboxylic acids is 1. The van der Waals surface area contributed by atoms with Gasteiger partial charge in [-0.15, -0.1) is 11.8 Å². The van der Waals surface area contributed by atoms with Crippen molar-refractivity contribution >= 4 is 23.6 Å².